The molecule has 1 fully saturated rings. The Kier molecular flexibility index (Phi) is 7.21. The van der Waals surface area contributed by atoms with Gasteiger partial charge < -0.3 is 10.1 Å². The first kappa shape index (κ1) is 22.1. The number of rotatable bonds is 6. The maximum absolute atomic E-state index is 13.1. The van der Waals surface area contributed by atoms with E-state index in [1.165, 1.54) is 16.4 Å². The minimum Gasteiger partial charge on any atom is -0.492 e. The third-order valence-electron chi connectivity index (χ3n) is 4.69. The fraction of sp³-hybridized carbons (Fsp3) is 0.350. The van der Waals surface area contributed by atoms with E-state index in [2.05, 4.69) is 21.2 Å². The van der Waals surface area contributed by atoms with E-state index >= 15 is 0 Å². The second-order valence-electron chi connectivity index (χ2n) is 6.73. The van der Waals surface area contributed by atoms with E-state index in [0.717, 1.165) is 4.47 Å². The van der Waals surface area contributed by atoms with Crippen LogP contribution in [0.1, 0.15) is 19.8 Å². The minimum atomic E-state index is -3.76. The van der Waals surface area contributed by atoms with E-state index in [4.69, 9.17) is 16.3 Å². The van der Waals surface area contributed by atoms with Gasteiger partial charge in [-0.15, -0.1) is 0 Å². The molecule has 6 nitrogen and oxygen atoms in total. The van der Waals surface area contributed by atoms with Gasteiger partial charge in [-0.3, -0.25) is 4.79 Å². The quantitative estimate of drug-likeness (QED) is 0.630. The standard InChI is InChI=1S/C20H22BrClN2O4S/c1-2-28-19-9-8-17(12-18(19)22)29(26,27)24-10-4-5-14(13-24)20(25)23-16-7-3-6-15(21)11-16/h3,6-9,11-12,14H,2,4-5,10,13H2,1H3,(H,23,25)/t14-/m0/s1. The highest BCUT2D eigenvalue weighted by Gasteiger charge is 2.33. The number of nitrogens with one attached hydrogen (secondary N) is 1. The summed E-state index contributed by atoms with van der Waals surface area (Å²) in [6.07, 6.45) is 1.25. The van der Waals surface area contributed by atoms with Gasteiger partial charge >= 0.3 is 0 Å². The molecule has 0 bridgehead atoms. The van der Waals surface area contributed by atoms with Gasteiger partial charge in [-0.2, -0.15) is 4.31 Å². The number of carbonyl (C=O) groups excluding carboxylic acids is 1. The highest BCUT2D eigenvalue weighted by molar-refractivity contribution is 9.10. The molecule has 0 aliphatic carbocycles. The van der Waals surface area contributed by atoms with Crippen molar-refractivity contribution in [2.75, 3.05) is 25.0 Å². The van der Waals surface area contributed by atoms with Gasteiger partial charge in [-0.05, 0) is 56.2 Å². The van der Waals surface area contributed by atoms with E-state index in [1.807, 2.05) is 19.1 Å². The second-order valence-corrected chi connectivity index (χ2v) is 9.99. The average molecular weight is 502 g/mol. The molecule has 1 atom stereocenters. The molecule has 0 unspecified atom stereocenters. The third kappa shape index (κ3) is 5.31. The zero-order valence-corrected chi connectivity index (χ0v) is 19.1. The zero-order valence-electron chi connectivity index (χ0n) is 15.9. The lowest BCUT2D eigenvalue weighted by Crippen LogP contribution is -2.43. The minimum absolute atomic E-state index is 0.0963. The number of ether oxygens (including phenoxy) is 1. The number of nitrogens with zero attached hydrogens (tertiary/aromatic N) is 1. The molecule has 2 aromatic rings. The van der Waals surface area contributed by atoms with Crippen LogP contribution in [0.5, 0.6) is 5.75 Å². The number of hydrogen-bond donors (Lipinski definition) is 1. The lowest BCUT2D eigenvalue weighted by Gasteiger charge is -2.31. The number of amides is 1. The summed E-state index contributed by atoms with van der Waals surface area (Å²) in [6.45, 7) is 2.77. The monoisotopic (exact) mass is 500 g/mol. The van der Waals surface area contributed by atoms with Crippen molar-refractivity contribution in [2.24, 2.45) is 5.92 Å². The molecule has 0 aromatic heterocycles. The second kappa shape index (κ2) is 9.47. The Bertz CT molecular complexity index is 1000. The van der Waals surface area contributed by atoms with Crippen LogP contribution in [-0.4, -0.2) is 38.3 Å². The fourth-order valence-electron chi connectivity index (χ4n) is 3.25. The average Bonchev–Trinajstić information content (AvgIpc) is 2.69. The van der Waals surface area contributed by atoms with Gasteiger partial charge in [0.25, 0.3) is 0 Å². The maximum atomic E-state index is 13.1. The highest BCUT2D eigenvalue weighted by Crippen LogP contribution is 2.30. The normalized spacial score (nSPS) is 17.7. The van der Waals surface area contributed by atoms with Gasteiger partial charge in [-0.25, -0.2) is 8.42 Å². The van der Waals surface area contributed by atoms with E-state index in [9.17, 15) is 13.2 Å². The van der Waals surface area contributed by atoms with Crippen molar-refractivity contribution < 1.29 is 17.9 Å². The van der Waals surface area contributed by atoms with E-state index in [0.29, 0.717) is 37.4 Å². The zero-order chi connectivity index (χ0) is 21.0. The van der Waals surface area contributed by atoms with Crippen molar-refractivity contribution in [3.63, 3.8) is 0 Å². The molecule has 2 aromatic carbocycles. The van der Waals surface area contributed by atoms with Gasteiger partial charge in [0, 0.05) is 23.2 Å². The molecule has 9 heteroatoms. The summed E-state index contributed by atoms with van der Waals surface area (Å²) in [5, 5.41) is 3.11. The molecule has 1 amide bonds. The summed E-state index contributed by atoms with van der Waals surface area (Å²) in [7, 11) is -3.76. The molecule has 1 N–H and O–H groups in total. The van der Waals surface area contributed by atoms with E-state index in [-0.39, 0.29) is 22.4 Å². The molecule has 0 radical (unpaired) electrons. The molecule has 29 heavy (non-hydrogen) atoms. The predicted molar refractivity (Wildman–Crippen MR) is 117 cm³/mol. The Morgan fingerprint density at radius 2 is 2.10 bits per heavy atom. The Hall–Kier alpha value is -1.61. The van der Waals surface area contributed by atoms with Crippen LogP contribution in [0.2, 0.25) is 5.02 Å². The predicted octanol–water partition coefficient (Wildman–Crippen LogP) is 4.54. The SMILES string of the molecule is CCOc1ccc(S(=O)(=O)N2CCC[C@H](C(=O)Nc3cccc(Br)c3)C2)cc1Cl. The first-order valence-electron chi connectivity index (χ1n) is 9.30. The van der Waals surface area contributed by atoms with Crippen molar-refractivity contribution in [3.8, 4) is 5.75 Å². The van der Waals surface area contributed by atoms with E-state index in [1.54, 1.807) is 18.2 Å². The van der Waals surface area contributed by atoms with Crippen molar-refractivity contribution in [2.45, 2.75) is 24.7 Å². The van der Waals surface area contributed by atoms with Gasteiger partial charge in [0.15, 0.2) is 0 Å². The molecule has 1 aliphatic rings. The number of hydrogen-bond acceptors (Lipinski definition) is 4. The first-order valence-corrected chi connectivity index (χ1v) is 11.9. The Morgan fingerprint density at radius 1 is 1.31 bits per heavy atom. The lowest BCUT2D eigenvalue weighted by molar-refractivity contribution is -0.120. The van der Waals surface area contributed by atoms with Crippen LogP contribution in [-0.2, 0) is 14.8 Å². The largest absolute Gasteiger partial charge is 0.492 e. The molecule has 1 saturated heterocycles. The summed E-state index contributed by atoms with van der Waals surface area (Å²) >= 11 is 9.53. The van der Waals surface area contributed by atoms with Crippen LogP contribution in [0.15, 0.2) is 51.8 Å². The van der Waals surface area contributed by atoms with Crippen molar-refractivity contribution in [1.29, 1.82) is 0 Å². The number of piperidine rings is 1. The topological polar surface area (TPSA) is 75.7 Å². The van der Waals surface area contributed by atoms with Crippen molar-refractivity contribution in [1.82, 2.24) is 4.31 Å². The van der Waals surface area contributed by atoms with Crippen LogP contribution in [0.3, 0.4) is 0 Å². The van der Waals surface area contributed by atoms with Crippen molar-refractivity contribution >= 4 is 49.1 Å². The van der Waals surface area contributed by atoms with Crippen LogP contribution in [0, 0.1) is 5.92 Å². The van der Waals surface area contributed by atoms with Gasteiger partial charge in [0.1, 0.15) is 5.75 Å². The van der Waals surface area contributed by atoms with Crippen LogP contribution in [0.4, 0.5) is 5.69 Å². The fourth-order valence-corrected chi connectivity index (χ4v) is 5.50. The van der Waals surface area contributed by atoms with Gasteiger partial charge in [0.2, 0.25) is 15.9 Å². The first-order chi connectivity index (χ1) is 13.8. The Balaban J connectivity index is 1.73. The molecule has 156 valence electrons. The lowest BCUT2D eigenvalue weighted by atomic mass is 9.99. The smallest absolute Gasteiger partial charge is 0.243 e. The van der Waals surface area contributed by atoms with E-state index < -0.39 is 15.9 Å². The Labute approximate surface area is 184 Å². The van der Waals surface area contributed by atoms with Gasteiger partial charge in [-0.1, -0.05) is 33.6 Å². The molecular formula is C20H22BrClN2O4S. The molecule has 0 spiro atoms. The number of carbonyl (C=O) groups is 1. The molecular weight excluding hydrogens is 480 g/mol. The number of anilines is 1. The number of sulfonamides is 1. The summed E-state index contributed by atoms with van der Waals surface area (Å²) < 4.78 is 33.7. The number of halogens is 2. The summed E-state index contributed by atoms with van der Waals surface area (Å²) in [4.78, 5) is 12.8. The molecule has 3 rings (SSSR count). The third-order valence-corrected chi connectivity index (χ3v) is 7.34. The summed E-state index contributed by atoms with van der Waals surface area (Å²) in [5.74, 6) is -0.165. The molecule has 0 saturated carbocycles. The molecule has 1 heterocycles. The maximum Gasteiger partial charge on any atom is 0.243 e. The summed E-state index contributed by atoms with van der Waals surface area (Å²) in [6, 6.07) is 11.7. The van der Waals surface area contributed by atoms with Gasteiger partial charge in [0.05, 0.1) is 22.4 Å². The van der Waals surface area contributed by atoms with Crippen molar-refractivity contribution in [3.05, 3.63) is 52.0 Å². The Morgan fingerprint density at radius 3 is 2.79 bits per heavy atom. The molecule has 1 aliphatic heterocycles. The highest BCUT2D eigenvalue weighted by atomic mass is 79.9. The van der Waals surface area contributed by atoms with Crippen LogP contribution >= 0.6 is 27.5 Å². The van der Waals surface area contributed by atoms with Crippen LogP contribution in [0.25, 0.3) is 0 Å². The number of benzene rings is 2. The summed E-state index contributed by atoms with van der Waals surface area (Å²) in [5.41, 5.74) is 0.669. The van der Waals surface area contributed by atoms with Crippen LogP contribution < -0.4 is 10.1 Å².